The lowest BCUT2D eigenvalue weighted by Gasteiger charge is -2.09. The van der Waals surface area contributed by atoms with Crippen molar-refractivity contribution >= 4 is 34.3 Å². The minimum Gasteiger partial charge on any atom is -0.489 e. The Morgan fingerprint density at radius 2 is 1.74 bits per heavy atom. The average molecular weight is 431 g/mol. The molecule has 0 bridgehead atoms. The third kappa shape index (κ3) is 4.13. The Bertz CT molecular complexity index is 1330. The van der Waals surface area contributed by atoms with Crippen LogP contribution in [0.15, 0.2) is 72.9 Å². The van der Waals surface area contributed by atoms with Gasteiger partial charge in [-0.2, -0.15) is 5.26 Å². The predicted molar refractivity (Wildman–Crippen MR) is 116 cm³/mol. The van der Waals surface area contributed by atoms with Gasteiger partial charge in [-0.3, -0.25) is 4.79 Å². The topological polar surface area (TPSA) is 92.3 Å². The Balaban J connectivity index is 1.60. The van der Waals surface area contributed by atoms with Crippen molar-refractivity contribution in [2.24, 2.45) is 0 Å². The molecule has 0 radical (unpaired) electrons. The molecule has 1 N–H and O–H groups in total. The SMILES string of the molecule is N#Cc1ccc(COc2ccc(-n3cc(C(=O)C(=O)O)c4cc(Cl)ccc43)cc2)cc1. The number of carboxylic acid groups (broad SMARTS) is 1. The number of nitrogens with zero attached hydrogens (tertiary/aromatic N) is 2. The van der Waals surface area contributed by atoms with Gasteiger partial charge in [-0.05, 0) is 60.2 Å². The van der Waals surface area contributed by atoms with Gasteiger partial charge in [0.1, 0.15) is 12.4 Å². The molecular weight excluding hydrogens is 416 g/mol. The molecule has 0 saturated carbocycles. The second-order valence-corrected chi connectivity index (χ2v) is 7.24. The maximum atomic E-state index is 12.1. The molecule has 4 aromatic rings. The zero-order valence-corrected chi connectivity index (χ0v) is 16.8. The molecule has 7 heteroatoms. The summed E-state index contributed by atoms with van der Waals surface area (Å²) in [5.41, 5.74) is 3.01. The first-order chi connectivity index (χ1) is 15.0. The van der Waals surface area contributed by atoms with Crippen molar-refractivity contribution in [3.63, 3.8) is 0 Å². The Labute approximate surface area is 182 Å². The van der Waals surface area contributed by atoms with E-state index in [2.05, 4.69) is 6.07 Å². The molecule has 31 heavy (non-hydrogen) atoms. The number of Topliss-reactive ketones (excluding diaryl/α,β-unsaturated/α-hetero) is 1. The number of nitriles is 1. The van der Waals surface area contributed by atoms with Crippen molar-refractivity contribution in [2.45, 2.75) is 6.61 Å². The van der Waals surface area contributed by atoms with Gasteiger partial charge in [-0.25, -0.2) is 4.79 Å². The van der Waals surface area contributed by atoms with E-state index in [0.717, 1.165) is 11.3 Å². The second kappa shape index (κ2) is 8.34. The number of hydrogen-bond donors (Lipinski definition) is 1. The lowest BCUT2D eigenvalue weighted by atomic mass is 10.1. The second-order valence-electron chi connectivity index (χ2n) is 6.80. The van der Waals surface area contributed by atoms with Crippen LogP contribution < -0.4 is 4.74 Å². The molecule has 152 valence electrons. The highest BCUT2D eigenvalue weighted by molar-refractivity contribution is 6.42. The van der Waals surface area contributed by atoms with Crippen LogP contribution in [0.25, 0.3) is 16.6 Å². The Morgan fingerprint density at radius 3 is 2.39 bits per heavy atom. The minimum atomic E-state index is -1.52. The molecule has 0 amide bonds. The number of rotatable bonds is 6. The van der Waals surface area contributed by atoms with Crippen LogP contribution in [-0.4, -0.2) is 21.4 Å². The summed E-state index contributed by atoms with van der Waals surface area (Å²) in [6.45, 7) is 0.354. The summed E-state index contributed by atoms with van der Waals surface area (Å²) in [6.07, 6.45) is 1.50. The maximum Gasteiger partial charge on any atom is 0.377 e. The van der Waals surface area contributed by atoms with Gasteiger partial charge in [0.15, 0.2) is 0 Å². The summed E-state index contributed by atoms with van der Waals surface area (Å²) < 4.78 is 7.54. The van der Waals surface area contributed by atoms with E-state index in [4.69, 9.17) is 26.7 Å². The third-order valence-corrected chi connectivity index (χ3v) is 5.04. The van der Waals surface area contributed by atoms with Crippen LogP contribution in [0.3, 0.4) is 0 Å². The number of fused-ring (bicyclic) bond motifs is 1. The number of hydrogen-bond acceptors (Lipinski definition) is 4. The van der Waals surface area contributed by atoms with Crippen molar-refractivity contribution in [2.75, 3.05) is 0 Å². The fraction of sp³-hybridized carbons (Fsp3) is 0.0417. The number of ketones is 1. The number of ether oxygens (including phenoxy) is 1. The standard InChI is InChI=1S/C24H15ClN2O4/c25-17-5-10-22-20(11-17)21(23(28)24(29)30)13-27(22)18-6-8-19(9-7-18)31-14-16-3-1-15(12-26)2-4-16/h1-11,13H,14H2,(H,29,30). The molecule has 1 heterocycles. The summed E-state index contributed by atoms with van der Waals surface area (Å²) in [6, 6.07) is 21.5. The van der Waals surface area contributed by atoms with Crippen LogP contribution in [0.4, 0.5) is 0 Å². The van der Waals surface area contributed by atoms with Crippen molar-refractivity contribution in [3.8, 4) is 17.5 Å². The van der Waals surface area contributed by atoms with E-state index in [1.807, 2.05) is 24.3 Å². The Morgan fingerprint density at radius 1 is 1.03 bits per heavy atom. The van der Waals surface area contributed by atoms with E-state index in [1.165, 1.54) is 6.20 Å². The van der Waals surface area contributed by atoms with Crippen LogP contribution in [0.2, 0.25) is 5.02 Å². The number of benzene rings is 3. The quantitative estimate of drug-likeness (QED) is 0.343. The van der Waals surface area contributed by atoms with Crippen LogP contribution in [0.5, 0.6) is 5.75 Å². The number of aliphatic carboxylic acids is 1. The molecule has 4 rings (SSSR count). The zero-order chi connectivity index (χ0) is 22.0. The van der Waals surface area contributed by atoms with Gasteiger partial charge in [0.25, 0.3) is 5.78 Å². The van der Waals surface area contributed by atoms with Gasteiger partial charge < -0.3 is 14.4 Å². The molecule has 0 aliphatic carbocycles. The van der Waals surface area contributed by atoms with E-state index in [1.54, 1.807) is 47.0 Å². The van der Waals surface area contributed by atoms with E-state index < -0.39 is 11.8 Å². The monoisotopic (exact) mass is 430 g/mol. The third-order valence-electron chi connectivity index (χ3n) is 4.81. The van der Waals surface area contributed by atoms with Gasteiger partial charge in [0, 0.05) is 22.3 Å². The number of halogens is 1. The van der Waals surface area contributed by atoms with E-state index >= 15 is 0 Å². The van der Waals surface area contributed by atoms with Gasteiger partial charge in [0.2, 0.25) is 0 Å². The molecule has 0 fully saturated rings. The summed E-state index contributed by atoms with van der Waals surface area (Å²) in [5, 5.41) is 18.9. The molecule has 0 atom stereocenters. The highest BCUT2D eigenvalue weighted by Crippen LogP contribution is 2.29. The fourth-order valence-electron chi connectivity index (χ4n) is 3.26. The van der Waals surface area contributed by atoms with Crippen molar-refractivity contribution in [1.29, 1.82) is 5.26 Å². The van der Waals surface area contributed by atoms with Crippen LogP contribution in [0, 0.1) is 11.3 Å². The molecule has 0 aliphatic rings. The Hall–Kier alpha value is -4.08. The molecular formula is C24H15ClN2O4. The first-order valence-corrected chi connectivity index (χ1v) is 9.64. The summed E-state index contributed by atoms with van der Waals surface area (Å²) in [7, 11) is 0. The van der Waals surface area contributed by atoms with Gasteiger partial charge in [0.05, 0.1) is 22.7 Å². The van der Waals surface area contributed by atoms with Crippen molar-refractivity contribution in [1.82, 2.24) is 4.57 Å². The van der Waals surface area contributed by atoms with Crippen molar-refractivity contribution < 1.29 is 19.4 Å². The van der Waals surface area contributed by atoms with Crippen molar-refractivity contribution in [3.05, 3.63) is 94.6 Å². The summed E-state index contributed by atoms with van der Waals surface area (Å²) >= 11 is 6.05. The lowest BCUT2D eigenvalue weighted by molar-refractivity contribution is -0.131. The first kappa shape index (κ1) is 20.2. The molecule has 0 aliphatic heterocycles. The summed E-state index contributed by atoms with van der Waals surface area (Å²) in [4.78, 5) is 23.4. The normalized spacial score (nSPS) is 10.6. The fourth-order valence-corrected chi connectivity index (χ4v) is 3.43. The van der Waals surface area contributed by atoms with Gasteiger partial charge in [-0.15, -0.1) is 0 Å². The highest BCUT2D eigenvalue weighted by Gasteiger charge is 2.21. The minimum absolute atomic E-state index is 0.0751. The summed E-state index contributed by atoms with van der Waals surface area (Å²) in [5.74, 6) is -1.87. The first-order valence-electron chi connectivity index (χ1n) is 9.27. The molecule has 0 spiro atoms. The van der Waals surface area contributed by atoms with Crippen LogP contribution >= 0.6 is 11.6 Å². The maximum absolute atomic E-state index is 12.1. The zero-order valence-electron chi connectivity index (χ0n) is 16.1. The molecule has 0 saturated heterocycles. The largest absolute Gasteiger partial charge is 0.489 e. The molecule has 3 aromatic carbocycles. The Kier molecular flexibility index (Phi) is 5.44. The van der Waals surface area contributed by atoms with Gasteiger partial charge >= 0.3 is 5.97 Å². The number of carbonyl (C=O) groups is 2. The van der Waals surface area contributed by atoms with E-state index in [9.17, 15) is 9.59 Å². The molecule has 1 aromatic heterocycles. The van der Waals surface area contributed by atoms with Crippen LogP contribution in [0.1, 0.15) is 21.5 Å². The average Bonchev–Trinajstić information content (AvgIpc) is 3.16. The highest BCUT2D eigenvalue weighted by atomic mass is 35.5. The predicted octanol–water partition coefficient (Wildman–Crippen LogP) is 5.00. The van der Waals surface area contributed by atoms with E-state index in [-0.39, 0.29) is 5.56 Å². The van der Waals surface area contributed by atoms with Gasteiger partial charge in [-0.1, -0.05) is 23.7 Å². The number of aromatic nitrogens is 1. The number of carboxylic acids is 1. The number of carbonyl (C=O) groups excluding carboxylic acids is 1. The molecule has 6 nitrogen and oxygen atoms in total. The lowest BCUT2D eigenvalue weighted by Crippen LogP contribution is -2.12. The molecule has 0 unspecified atom stereocenters. The smallest absolute Gasteiger partial charge is 0.377 e. The van der Waals surface area contributed by atoms with E-state index in [0.29, 0.717) is 33.8 Å². The van der Waals surface area contributed by atoms with Crippen LogP contribution in [-0.2, 0) is 11.4 Å².